The molecule has 2 fully saturated rings. The Balaban J connectivity index is 0.000000379. The number of carbonyl (C=O) groups is 3. The maximum Gasteiger partial charge on any atom is 0.490 e. The molecule has 2 aliphatic heterocycles. The number of fused-ring (bicyclic) bond motifs is 1. The van der Waals surface area contributed by atoms with Crippen molar-refractivity contribution in [2.45, 2.75) is 25.1 Å². The maximum absolute atomic E-state index is 10.6. The van der Waals surface area contributed by atoms with Crippen molar-refractivity contribution in [2.24, 2.45) is 11.3 Å². The standard InChI is InChI=1S/C18H21N3O2.3C2HF3O2/c1-2-7-20-17(5-1)23-14-18-12-21(10-16(18)11-22-13-18)9-15-4-3-6-19-8-15;3*3-2(4,5)1(6)7/h1-8,16H,9-14H2;3*(H,6,7)/t16-,18+;;;/m1.../s1. The quantitative estimate of drug-likeness (QED) is 0.402. The third-order valence-electron chi connectivity index (χ3n) is 5.59. The lowest BCUT2D eigenvalue weighted by Crippen LogP contribution is -2.37. The van der Waals surface area contributed by atoms with E-state index in [4.69, 9.17) is 39.2 Å². The number of likely N-dealkylation sites (tertiary alicyclic amines) is 1. The summed E-state index contributed by atoms with van der Waals surface area (Å²) in [6.07, 6.45) is -9.72. The lowest BCUT2D eigenvalue weighted by Gasteiger charge is -2.27. The average molecular weight is 653 g/mol. The van der Waals surface area contributed by atoms with Crippen molar-refractivity contribution in [3.05, 3.63) is 54.5 Å². The molecule has 4 heterocycles. The molecule has 2 aromatic heterocycles. The first kappa shape index (κ1) is 37.8. The Bertz CT molecular complexity index is 1140. The van der Waals surface area contributed by atoms with Crippen LogP contribution in [-0.4, -0.2) is 99.5 Å². The number of rotatable bonds is 5. The van der Waals surface area contributed by atoms with Crippen molar-refractivity contribution in [1.82, 2.24) is 14.9 Å². The van der Waals surface area contributed by atoms with Crippen molar-refractivity contribution >= 4 is 17.9 Å². The molecule has 0 amide bonds. The van der Waals surface area contributed by atoms with Crippen LogP contribution in [0.15, 0.2) is 48.9 Å². The zero-order valence-corrected chi connectivity index (χ0v) is 22.1. The summed E-state index contributed by atoms with van der Waals surface area (Å²) in [6, 6.07) is 9.89. The second-order valence-electron chi connectivity index (χ2n) is 8.97. The average Bonchev–Trinajstić information content (AvgIpc) is 3.45. The molecular formula is C24H24F9N3O8. The van der Waals surface area contributed by atoms with Gasteiger partial charge in [0.1, 0.15) is 0 Å². The Morgan fingerprint density at radius 3 is 1.86 bits per heavy atom. The van der Waals surface area contributed by atoms with Crippen LogP contribution in [0, 0.1) is 11.3 Å². The highest BCUT2D eigenvalue weighted by molar-refractivity contribution is 5.73. The summed E-state index contributed by atoms with van der Waals surface area (Å²) in [7, 11) is 0. The van der Waals surface area contributed by atoms with E-state index in [0.717, 1.165) is 32.8 Å². The zero-order valence-electron chi connectivity index (χ0n) is 22.1. The molecule has 2 atom stereocenters. The molecule has 0 aromatic carbocycles. The predicted octanol–water partition coefficient (Wildman–Crippen LogP) is 3.90. The first-order valence-corrected chi connectivity index (χ1v) is 11.8. The molecule has 0 radical (unpaired) electrons. The van der Waals surface area contributed by atoms with E-state index in [1.807, 2.05) is 36.7 Å². The summed E-state index contributed by atoms with van der Waals surface area (Å²) < 4.78 is 107. The second kappa shape index (κ2) is 16.0. The van der Waals surface area contributed by atoms with Gasteiger partial charge in [-0.1, -0.05) is 12.1 Å². The van der Waals surface area contributed by atoms with Gasteiger partial charge in [0.2, 0.25) is 5.88 Å². The van der Waals surface area contributed by atoms with E-state index in [2.05, 4.69) is 20.9 Å². The minimum atomic E-state index is -5.08. The number of aliphatic carboxylic acids is 3. The van der Waals surface area contributed by atoms with E-state index in [1.54, 1.807) is 6.20 Å². The molecule has 3 N–H and O–H groups in total. The van der Waals surface area contributed by atoms with Crippen molar-refractivity contribution in [3.8, 4) is 5.88 Å². The van der Waals surface area contributed by atoms with Crippen molar-refractivity contribution in [1.29, 1.82) is 0 Å². The Morgan fingerprint density at radius 1 is 0.886 bits per heavy atom. The molecule has 4 rings (SSSR count). The van der Waals surface area contributed by atoms with Gasteiger partial charge in [0.05, 0.1) is 19.8 Å². The minimum Gasteiger partial charge on any atom is -0.477 e. The molecule has 0 aliphatic carbocycles. The maximum atomic E-state index is 10.6. The molecule has 20 heteroatoms. The number of alkyl halides is 9. The van der Waals surface area contributed by atoms with E-state index in [9.17, 15) is 39.5 Å². The van der Waals surface area contributed by atoms with Gasteiger partial charge in [-0.25, -0.2) is 19.4 Å². The number of pyridine rings is 2. The molecule has 0 bridgehead atoms. The fraction of sp³-hybridized carbons (Fsp3) is 0.458. The highest BCUT2D eigenvalue weighted by Crippen LogP contribution is 2.42. The van der Waals surface area contributed by atoms with Crippen molar-refractivity contribution < 1.29 is 78.7 Å². The van der Waals surface area contributed by atoms with Crippen LogP contribution in [0.1, 0.15) is 5.56 Å². The molecule has 246 valence electrons. The van der Waals surface area contributed by atoms with Crippen LogP contribution in [0.5, 0.6) is 5.88 Å². The number of hydrogen-bond acceptors (Lipinski definition) is 8. The summed E-state index contributed by atoms with van der Waals surface area (Å²) in [5.41, 5.74) is 1.34. The summed E-state index contributed by atoms with van der Waals surface area (Å²) >= 11 is 0. The van der Waals surface area contributed by atoms with Crippen LogP contribution in [0.4, 0.5) is 39.5 Å². The fourth-order valence-electron chi connectivity index (χ4n) is 3.67. The van der Waals surface area contributed by atoms with Crippen LogP contribution >= 0.6 is 0 Å². The molecule has 2 saturated heterocycles. The van der Waals surface area contributed by atoms with Crippen LogP contribution in [0.3, 0.4) is 0 Å². The first-order valence-electron chi connectivity index (χ1n) is 11.8. The van der Waals surface area contributed by atoms with Gasteiger partial charge >= 0.3 is 36.4 Å². The molecule has 44 heavy (non-hydrogen) atoms. The number of halogens is 9. The molecule has 11 nitrogen and oxygen atoms in total. The third kappa shape index (κ3) is 13.4. The topological polar surface area (TPSA) is 159 Å². The van der Waals surface area contributed by atoms with E-state index in [0.29, 0.717) is 18.4 Å². The first-order chi connectivity index (χ1) is 20.2. The van der Waals surface area contributed by atoms with E-state index < -0.39 is 36.4 Å². The zero-order chi connectivity index (χ0) is 33.8. The fourth-order valence-corrected chi connectivity index (χ4v) is 3.67. The summed E-state index contributed by atoms with van der Waals surface area (Å²) in [5, 5.41) is 21.4. The van der Waals surface area contributed by atoms with Gasteiger partial charge in [-0.2, -0.15) is 39.5 Å². The number of ether oxygens (including phenoxy) is 2. The van der Waals surface area contributed by atoms with E-state index in [-0.39, 0.29) is 5.41 Å². The third-order valence-corrected chi connectivity index (χ3v) is 5.59. The van der Waals surface area contributed by atoms with Gasteiger partial charge in [-0.05, 0) is 17.7 Å². The normalized spacial score (nSPS) is 19.5. The molecule has 0 spiro atoms. The Labute approximate surface area is 241 Å². The van der Waals surface area contributed by atoms with Gasteiger partial charge in [0, 0.05) is 55.6 Å². The lowest BCUT2D eigenvalue weighted by atomic mass is 9.82. The van der Waals surface area contributed by atoms with Crippen LogP contribution < -0.4 is 4.74 Å². The highest BCUT2D eigenvalue weighted by atomic mass is 19.4. The van der Waals surface area contributed by atoms with Crippen LogP contribution in [-0.2, 0) is 25.7 Å². The Hall–Kier alpha value is -4.20. The van der Waals surface area contributed by atoms with Crippen LogP contribution in [0.25, 0.3) is 0 Å². The molecule has 0 saturated carbocycles. The molecular weight excluding hydrogens is 629 g/mol. The van der Waals surface area contributed by atoms with Gasteiger partial charge in [-0.15, -0.1) is 0 Å². The van der Waals surface area contributed by atoms with Crippen LogP contribution in [0.2, 0.25) is 0 Å². The van der Waals surface area contributed by atoms with E-state index >= 15 is 0 Å². The number of nitrogens with zero attached hydrogens (tertiary/aromatic N) is 3. The monoisotopic (exact) mass is 653 g/mol. The van der Waals surface area contributed by atoms with E-state index in [1.165, 1.54) is 5.56 Å². The molecule has 0 unspecified atom stereocenters. The predicted molar refractivity (Wildman–Crippen MR) is 127 cm³/mol. The van der Waals surface area contributed by atoms with Crippen molar-refractivity contribution in [3.63, 3.8) is 0 Å². The summed E-state index contributed by atoms with van der Waals surface area (Å²) in [5.74, 6) is -7.05. The number of aromatic nitrogens is 2. The minimum absolute atomic E-state index is 0.0831. The highest BCUT2D eigenvalue weighted by Gasteiger charge is 2.51. The summed E-state index contributed by atoms with van der Waals surface area (Å²) in [6.45, 7) is 5.26. The number of carboxylic acids is 3. The summed E-state index contributed by atoms with van der Waals surface area (Å²) in [4.78, 5) is 37.6. The molecule has 2 aliphatic rings. The van der Waals surface area contributed by atoms with Gasteiger partial charge in [0.15, 0.2) is 0 Å². The van der Waals surface area contributed by atoms with Gasteiger partial charge < -0.3 is 24.8 Å². The smallest absolute Gasteiger partial charge is 0.477 e. The molecule has 2 aromatic rings. The SMILES string of the molecule is O=C(O)C(F)(F)F.O=C(O)C(F)(F)F.O=C(O)C(F)(F)F.c1ccc(OC[C@]23COC[C@H]2CN(Cc2cccnc2)C3)nc1. The second-order valence-corrected chi connectivity index (χ2v) is 8.97. The lowest BCUT2D eigenvalue weighted by molar-refractivity contribution is -0.193. The largest absolute Gasteiger partial charge is 0.490 e. The number of carboxylic acid groups (broad SMARTS) is 3. The Kier molecular flexibility index (Phi) is 13.8. The van der Waals surface area contributed by atoms with Gasteiger partial charge in [0.25, 0.3) is 0 Å². The Morgan fingerprint density at radius 2 is 1.43 bits per heavy atom. The van der Waals surface area contributed by atoms with Crippen molar-refractivity contribution in [2.75, 3.05) is 32.9 Å². The number of hydrogen-bond donors (Lipinski definition) is 3. The van der Waals surface area contributed by atoms with Gasteiger partial charge in [-0.3, -0.25) is 9.88 Å².